The maximum absolute atomic E-state index is 11.9. The highest BCUT2D eigenvalue weighted by Gasteiger charge is 2.24. The first-order valence-corrected chi connectivity index (χ1v) is 6.22. The molecule has 0 amide bonds. The summed E-state index contributed by atoms with van der Waals surface area (Å²) in [7, 11) is -1.57. The van der Waals surface area contributed by atoms with Gasteiger partial charge in [0.15, 0.2) is 0 Å². The Morgan fingerprint density at radius 3 is 2.33 bits per heavy atom. The minimum absolute atomic E-state index is 0.0896. The molecule has 82 valence electrons. The molecule has 0 radical (unpaired) electrons. The van der Waals surface area contributed by atoms with Gasteiger partial charge in [0, 0.05) is 11.1 Å². The van der Waals surface area contributed by atoms with Gasteiger partial charge in [0.1, 0.15) is 0 Å². The van der Waals surface area contributed by atoms with E-state index in [4.69, 9.17) is 0 Å². The smallest absolute Gasteiger partial charge is 0.212 e. The van der Waals surface area contributed by atoms with Gasteiger partial charge in [0.05, 0.1) is 0 Å². The zero-order valence-electron chi connectivity index (χ0n) is 9.66. The van der Waals surface area contributed by atoms with Crippen LogP contribution >= 0.6 is 7.95 Å². The van der Waals surface area contributed by atoms with E-state index in [-0.39, 0.29) is 5.54 Å². The van der Waals surface area contributed by atoms with Crippen molar-refractivity contribution in [1.29, 1.82) is 0 Å². The molecule has 0 spiro atoms. The third-order valence-electron chi connectivity index (χ3n) is 1.87. The Morgan fingerprint density at radius 2 is 1.80 bits per heavy atom. The monoisotopic (exact) mass is 225 g/mol. The van der Waals surface area contributed by atoms with E-state index >= 15 is 0 Å². The lowest BCUT2D eigenvalue weighted by Crippen LogP contribution is -2.43. The van der Waals surface area contributed by atoms with E-state index in [1.54, 1.807) is 0 Å². The minimum Gasteiger partial charge on any atom is -0.212 e. The molecule has 3 nitrogen and oxygen atoms in total. The van der Waals surface area contributed by atoms with Gasteiger partial charge in [-0.15, -0.1) is 0 Å². The summed E-state index contributed by atoms with van der Waals surface area (Å²) in [5.41, 5.74) is 3.97. The molecule has 1 aromatic rings. The second-order valence-electron chi connectivity index (χ2n) is 4.57. The molecule has 0 aliphatic rings. The van der Waals surface area contributed by atoms with Gasteiger partial charge in [-0.1, -0.05) is 18.2 Å². The van der Waals surface area contributed by atoms with E-state index in [0.29, 0.717) is 0 Å². The number of hydrazine groups is 1. The molecule has 0 fully saturated rings. The summed E-state index contributed by atoms with van der Waals surface area (Å²) in [6.45, 7) is 8.00. The standard InChI is InChI=1S/C11H18N2OP/c1-9-7-5-6-8-10(9)15(14)13-12-11(2,3)4/h5-8,12H,1-4H3,(H,13,14)/q+1. The third kappa shape index (κ3) is 4.08. The average molecular weight is 225 g/mol. The van der Waals surface area contributed by atoms with E-state index in [9.17, 15) is 4.57 Å². The first kappa shape index (κ1) is 12.3. The normalized spacial score (nSPS) is 12.7. The predicted molar refractivity (Wildman–Crippen MR) is 64.4 cm³/mol. The molecule has 0 saturated heterocycles. The first-order chi connectivity index (χ1) is 6.90. The third-order valence-corrected chi connectivity index (χ3v) is 3.12. The fourth-order valence-corrected chi connectivity index (χ4v) is 2.24. The summed E-state index contributed by atoms with van der Waals surface area (Å²) < 4.78 is 11.9. The molecule has 0 aliphatic carbocycles. The van der Waals surface area contributed by atoms with Crippen LogP contribution in [0, 0.1) is 6.92 Å². The fraction of sp³-hybridized carbons (Fsp3) is 0.455. The van der Waals surface area contributed by atoms with Crippen LogP contribution in [0.5, 0.6) is 0 Å². The van der Waals surface area contributed by atoms with Crippen LogP contribution in [0.4, 0.5) is 0 Å². The van der Waals surface area contributed by atoms with Crippen molar-refractivity contribution in [1.82, 2.24) is 10.6 Å². The molecule has 0 aliphatic heterocycles. The molecular formula is C11H18N2OP+. The molecule has 1 unspecified atom stereocenters. The molecule has 15 heavy (non-hydrogen) atoms. The van der Waals surface area contributed by atoms with Gasteiger partial charge in [-0.05, 0) is 43.5 Å². The molecule has 4 heteroatoms. The number of rotatable bonds is 3. The molecular weight excluding hydrogens is 207 g/mol. The van der Waals surface area contributed by atoms with Crippen LogP contribution in [-0.4, -0.2) is 5.54 Å². The van der Waals surface area contributed by atoms with Crippen molar-refractivity contribution in [3.05, 3.63) is 29.8 Å². The Bertz CT molecular complexity index is 358. The number of hydrogen-bond acceptors (Lipinski definition) is 2. The van der Waals surface area contributed by atoms with Crippen LogP contribution in [0.3, 0.4) is 0 Å². The Hall–Kier alpha value is -0.760. The zero-order chi connectivity index (χ0) is 11.5. The van der Waals surface area contributed by atoms with Crippen LogP contribution in [0.25, 0.3) is 0 Å². The quantitative estimate of drug-likeness (QED) is 0.612. The second-order valence-corrected chi connectivity index (χ2v) is 5.86. The van der Waals surface area contributed by atoms with E-state index in [1.165, 1.54) is 0 Å². The van der Waals surface area contributed by atoms with Gasteiger partial charge in [0.25, 0.3) is 0 Å². The molecule has 0 saturated carbocycles. The van der Waals surface area contributed by atoms with Gasteiger partial charge in [-0.3, -0.25) is 0 Å². The number of nitrogens with one attached hydrogen (secondary N) is 2. The summed E-state index contributed by atoms with van der Waals surface area (Å²) in [5, 5.41) is 3.69. The SMILES string of the molecule is Cc1ccccc1[P+](=O)NNC(C)(C)C. The van der Waals surface area contributed by atoms with Crippen molar-refractivity contribution in [2.75, 3.05) is 0 Å². The highest BCUT2D eigenvalue weighted by atomic mass is 31.1. The average Bonchev–Trinajstić information content (AvgIpc) is 2.14. The molecule has 0 heterocycles. The maximum Gasteiger partial charge on any atom is 0.486 e. The summed E-state index contributed by atoms with van der Waals surface area (Å²) in [5.74, 6) is 0. The summed E-state index contributed by atoms with van der Waals surface area (Å²) in [6, 6.07) is 7.68. The minimum atomic E-state index is -1.57. The number of hydrogen-bond donors (Lipinski definition) is 2. The lowest BCUT2D eigenvalue weighted by molar-refractivity contribution is 0.407. The van der Waals surface area contributed by atoms with E-state index in [1.807, 2.05) is 52.0 Å². The van der Waals surface area contributed by atoms with Crippen LogP contribution in [0.15, 0.2) is 24.3 Å². The molecule has 2 N–H and O–H groups in total. The van der Waals surface area contributed by atoms with Crippen molar-refractivity contribution < 1.29 is 4.57 Å². The van der Waals surface area contributed by atoms with Crippen molar-refractivity contribution >= 4 is 13.3 Å². The van der Waals surface area contributed by atoms with Crippen molar-refractivity contribution in [3.8, 4) is 0 Å². The first-order valence-electron chi connectivity index (χ1n) is 4.96. The van der Waals surface area contributed by atoms with Crippen LogP contribution in [-0.2, 0) is 4.57 Å². The Labute approximate surface area is 92.1 Å². The topological polar surface area (TPSA) is 41.1 Å². The van der Waals surface area contributed by atoms with Gasteiger partial charge in [0.2, 0.25) is 5.30 Å². The molecule has 0 aromatic heterocycles. The molecule has 1 atom stereocenters. The summed E-state index contributed by atoms with van der Waals surface area (Å²) in [6.07, 6.45) is 0. The molecule has 0 bridgehead atoms. The lowest BCUT2D eigenvalue weighted by Gasteiger charge is -2.16. The van der Waals surface area contributed by atoms with Crippen molar-refractivity contribution in [2.45, 2.75) is 33.2 Å². The Balaban J connectivity index is 2.66. The number of aryl methyl sites for hydroxylation is 1. The van der Waals surface area contributed by atoms with Crippen LogP contribution in [0.1, 0.15) is 26.3 Å². The summed E-state index contributed by atoms with van der Waals surface area (Å²) >= 11 is 0. The highest BCUT2D eigenvalue weighted by Crippen LogP contribution is 2.16. The predicted octanol–water partition coefficient (Wildman–Crippen LogP) is 2.26. The van der Waals surface area contributed by atoms with E-state index < -0.39 is 7.95 Å². The maximum atomic E-state index is 11.9. The van der Waals surface area contributed by atoms with E-state index in [2.05, 4.69) is 10.6 Å². The lowest BCUT2D eigenvalue weighted by atomic mass is 10.1. The van der Waals surface area contributed by atoms with E-state index in [0.717, 1.165) is 10.9 Å². The van der Waals surface area contributed by atoms with Gasteiger partial charge >= 0.3 is 7.95 Å². The fourth-order valence-electron chi connectivity index (χ4n) is 1.07. The summed E-state index contributed by atoms with van der Waals surface area (Å²) in [4.78, 5) is 0. The van der Waals surface area contributed by atoms with Crippen LogP contribution in [0.2, 0.25) is 0 Å². The number of benzene rings is 1. The second kappa shape index (κ2) is 4.84. The van der Waals surface area contributed by atoms with Crippen LogP contribution < -0.4 is 15.9 Å². The van der Waals surface area contributed by atoms with Gasteiger partial charge < -0.3 is 0 Å². The van der Waals surface area contributed by atoms with Crippen molar-refractivity contribution in [3.63, 3.8) is 0 Å². The Kier molecular flexibility index (Phi) is 3.97. The van der Waals surface area contributed by atoms with Crippen molar-refractivity contribution in [2.24, 2.45) is 0 Å². The zero-order valence-corrected chi connectivity index (χ0v) is 10.6. The van der Waals surface area contributed by atoms with Gasteiger partial charge in [-0.2, -0.15) is 0 Å². The van der Waals surface area contributed by atoms with Gasteiger partial charge in [-0.25, -0.2) is 5.43 Å². The molecule has 1 aromatic carbocycles. The Morgan fingerprint density at radius 1 is 1.20 bits per heavy atom. The largest absolute Gasteiger partial charge is 0.486 e. The molecule has 1 rings (SSSR count). The highest BCUT2D eigenvalue weighted by molar-refractivity contribution is 7.51.